The maximum Gasteiger partial charge on any atom is 0.242 e. The Hall–Kier alpha value is -2.03. The Balaban J connectivity index is 1.39. The zero-order valence-electron chi connectivity index (χ0n) is 18.2. The summed E-state index contributed by atoms with van der Waals surface area (Å²) in [6, 6.07) is 8.03. The summed E-state index contributed by atoms with van der Waals surface area (Å²) >= 11 is 1.51. The molecule has 3 atom stereocenters. The Kier molecular flexibility index (Phi) is 7.20. The van der Waals surface area contributed by atoms with Gasteiger partial charge < -0.3 is 24.3 Å². The van der Waals surface area contributed by atoms with Gasteiger partial charge in [-0.05, 0) is 32.8 Å². The van der Waals surface area contributed by atoms with Crippen molar-refractivity contribution < 1.29 is 19.1 Å². The molecular formula is C23H31N3O4S. The van der Waals surface area contributed by atoms with Crippen molar-refractivity contribution in [2.45, 2.75) is 56.4 Å². The fraction of sp³-hybridized carbons (Fsp3) is 0.565. The van der Waals surface area contributed by atoms with Crippen molar-refractivity contribution in [3.63, 3.8) is 0 Å². The average molecular weight is 446 g/mol. The van der Waals surface area contributed by atoms with Crippen LogP contribution in [0.5, 0.6) is 0 Å². The number of ether oxygens (including phenoxy) is 2. The fourth-order valence-corrected chi connectivity index (χ4v) is 5.23. The number of hydrogen-bond donors (Lipinski definition) is 1. The van der Waals surface area contributed by atoms with E-state index in [2.05, 4.69) is 5.32 Å². The third kappa shape index (κ3) is 5.61. The van der Waals surface area contributed by atoms with E-state index in [1.54, 1.807) is 0 Å². The number of fused-ring (bicyclic) bond motifs is 1. The molecule has 0 unspecified atom stereocenters. The van der Waals surface area contributed by atoms with Crippen molar-refractivity contribution in [1.82, 2.24) is 14.8 Å². The first-order valence-corrected chi connectivity index (χ1v) is 12.0. The Morgan fingerprint density at radius 3 is 2.71 bits per heavy atom. The van der Waals surface area contributed by atoms with Crippen molar-refractivity contribution >= 4 is 34.5 Å². The molecule has 0 spiro atoms. The number of morpholine rings is 1. The second-order valence-electron chi connectivity index (χ2n) is 8.42. The van der Waals surface area contributed by atoms with Crippen LogP contribution in [-0.2, 0) is 25.6 Å². The summed E-state index contributed by atoms with van der Waals surface area (Å²) in [7, 11) is 0. The third-order valence-electron chi connectivity index (χ3n) is 5.74. The molecule has 8 heteroatoms. The smallest absolute Gasteiger partial charge is 0.242 e. The molecule has 1 N–H and O–H groups in total. The molecule has 2 aromatic rings. The van der Waals surface area contributed by atoms with E-state index in [4.69, 9.17) is 9.47 Å². The lowest BCUT2D eigenvalue weighted by Crippen LogP contribution is -2.49. The lowest BCUT2D eigenvalue weighted by atomic mass is 10.2. The van der Waals surface area contributed by atoms with Gasteiger partial charge >= 0.3 is 0 Å². The molecule has 168 valence electrons. The zero-order chi connectivity index (χ0) is 21.8. The predicted octanol–water partition coefficient (Wildman–Crippen LogP) is 2.66. The van der Waals surface area contributed by atoms with Gasteiger partial charge in [0.05, 0.1) is 24.1 Å². The molecule has 1 aromatic heterocycles. The van der Waals surface area contributed by atoms with Crippen LogP contribution in [-0.4, -0.2) is 71.6 Å². The molecule has 2 aliphatic heterocycles. The van der Waals surface area contributed by atoms with Gasteiger partial charge in [0.15, 0.2) is 0 Å². The summed E-state index contributed by atoms with van der Waals surface area (Å²) in [5.74, 6) is 0.436. The van der Waals surface area contributed by atoms with E-state index < -0.39 is 0 Å². The molecule has 0 bridgehead atoms. The number of aromatic nitrogens is 1. The highest BCUT2D eigenvalue weighted by Gasteiger charge is 2.26. The maximum atomic E-state index is 13.0. The summed E-state index contributed by atoms with van der Waals surface area (Å²) in [5.41, 5.74) is 1.01. The van der Waals surface area contributed by atoms with Crippen LogP contribution in [0.2, 0.25) is 0 Å². The summed E-state index contributed by atoms with van der Waals surface area (Å²) in [5, 5.41) is 4.03. The number of nitrogens with zero attached hydrogens (tertiary/aromatic N) is 2. The molecule has 0 radical (unpaired) electrons. The van der Waals surface area contributed by atoms with Crippen LogP contribution in [0, 0.1) is 0 Å². The summed E-state index contributed by atoms with van der Waals surface area (Å²) in [4.78, 5) is 28.2. The van der Waals surface area contributed by atoms with Gasteiger partial charge in [0.1, 0.15) is 6.54 Å². The van der Waals surface area contributed by atoms with Gasteiger partial charge in [-0.25, -0.2) is 0 Å². The van der Waals surface area contributed by atoms with Crippen LogP contribution in [0.3, 0.4) is 0 Å². The second-order valence-corrected chi connectivity index (χ2v) is 9.44. The summed E-state index contributed by atoms with van der Waals surface area (Å²) in [6.45, 7) is 6.89. The maximum absolute atomic E-state index is 13.0. The highest BCUT2D eigenvalue weighted by Crippen LogP contribution is 2.30. The van der Waals surface area contributed by atoms with Crippen molar-refractivity contribution in [2.24, 2.45) is 0 Å². The monoisotopic (exact) mass is 445 g/mol. The number of carbonyl (C=O) groups excluding carboxylic acids is 2. The molecule has 0 saturated carbocycles. The van der Waals surface area contributed by atoms with Gasteiger partial charge in [-0.15, -0.1) is 11.8 Å². The normalized spacial score (nSPS) is 23.9. The van der Waals surface area contributed by atoms with E-state index in [0.717, 1.165) is 35.2 Å². The Bertz CT molecular complexity index is 915. The van der Waals surface area contributed by atoms with Crippen LogP contribution < -0.4 is 5.32 Å². The highest BCUT2D eigenvalue weighted by atomic mass is 32.2. The van der Waals surface area contributed by atoms with E-state index in [9.17, 15) is 9.59 Å². The molecule has 2 fully saturated rings. The number of thioether (sulfide) groups is 1. The summed E-state index contributed by atoms with van der Waals surface area (Å²) < 4.78 is 13.3. The largest absolute Gasteiger partial charge is 0.376 e. The Morgan fingerprint density at radius 1 is 1.19 bits per heavy atom. The SMILES string of the molecule is C[C@@H]1CN(C(=O)Cn2cc(SCC(=O)NC[C@@H]3CCCO3)c3ccccc32)C[C@H](C)O1. The van der Waals surface area contributed by atoms with Crippen LogP contribution >= 0.6 is 11.8 Å². The standard InChI is InChI=1S/C23H31N3O4S/c1-16-11-26(12-17(2)30-16)23(28)14-25-13-21(19-7-3-4-8-20(19)25)31-15-22(27)24-10-18-6-5-9-29-18/h3-4,7-8,13,16-18H,5-6,9-12,14-15H2,1-2H3,(H,24,27)/t16-,17+,18-/m0/s1. The number of carbonyl (C=O) groups is 2. The molecule has 31 heavy (non-hydrogen) atoms. The lowest BCUT2D eigenvalue weighted by molar-refractivity contribution is -0.143. The van der Waals surface area contributed by atoms with Gasteiger partial charge in [0.2, 0.25) is 11.8 Å². The van der Waals surface area contributed by atoms with E-state index in [1.807, 2.05) is 53.8 Å². The quantitative estimate of drug-likeness (QED) is 0.664. The number of para-hydroxylation sites is 1. The molecule has 1 aromatic carbocycles. The van der Waals surface area contributed by atoms with Gasteiger partial charge in [-0.1, -0.05) is 18.2 Å². The van der Waals surface area contributed by atoms with Crippen molar-refractivity contribution in [1.29, 1.82) is 0 Å². The zero-order valence-corrected chi connectivity index (χ0v) is 19.0. The van der Waals surface area contributed by atoms with Crippen LogP contribution in [0.1, 0.15) is 26.7 Å². The van der Waals surface area contributed by atoms with Gasteiger partial charge in [-0.2, -0.15) is 0 Å². The minimum atomic E-state index is 0.00435. The van der Waals surface area contributed by atoms with Crippen LogP contribution in [0.25, 0.3) is 10.9 Å². The number of amides is 2. The Morgan fingerprint density at radius 2 is 1.97 bits per heavy atom. The first kappa shape index (κ1) is 22.2. The molecule has 2 saturated heterocycles. The van der Waals surface area contributed by atoms with Crippen LogP contribution in [0.15, 0.2) is 35.4 Å². The van der Waals surface area contributed by atoms with Crippen molar-refractivity contribution in [3.05, 3.63) is 30.5 Å². The van der Waals surface area contributed by atoms with Crippen molar-refractivity contribution in [3.8, 4) is 0 Å². The van der Waals surface area contributed by atoms with E-state index in [1.165, 1.54) is 11.8 Å². The van der Waals surface area contributed by atoms with Gasteiger partial charge in [0, 0.05) is 48.2 Å². The number of hydrogen-bond acceptors (Lipinski definition) is 5. The minimum Gasteiger partial charge on any atom is -0.376 e. The Labute approximate surface area is 187 Å². The van der Waals surface area contributed by atoms with Gasteiger partial charge in [0.25, 0.3) is 0 Å². The molecule has 2 aliphatic rings. The van der Waals surface area contributed by atoms with E-state index in [0.29, 0.717) is 25.4 Å². The molecule has 2 amide bonds. The van der Waals surface area contributed by atoms with Gasteiger partial charge in [-0.3, -0.25) is 9.59 Å². The number of benzene rings is 1. The summed E-state index contributed by atoms with van der Waals surface area (Å²) in [6.07, 6.45) is 4.31. The van der Waals surface area contributed by atoms with Crippen LogP contribution in [0.4, 0.5) is 0 Å². The number of rotatable bonds is 7. The van der Waals surface area contributed by atoms with E-state index >= 15 is 0 Å². The third-order valence-corrected chi connectivity index (χ3v) is 6.78. The second kappa shape index (κ2) is 10.1. The topological polar surface area (TPSA) is 72.8 Å². The first-order chi connectivity index (χ1) is 15.0. The van der Waals surface area contributed by atoms with E-state index in [-0.39, 0.29) is 36.7 Å². The molecule has 3 heterocycles. The minimum absolute atomic E-state index is 0.00435. The highest BCUT2D eigenvalue weighted by molar-refractivity contribution is 8.00. The molecule has 7 nitrogen and oxygen atoms in total. The first-order valence-electron chi connectivity index (χ1n) is 11.0. The average Bonchev–Trinajstić information content (AvgIpc) is 3.38. The number of nitrogens with one attached hydrogen (secondary N) is 1. The lowest BCUT2D eigenvalue weighted by Gasteiger charge is -2.35. The molecule has 0 aliphatic carbocycles. The predicted molar refractivity (Wildman–Crippen MR) is 121 cm³/mol. The van der Waals surface area contributed by atoms with Crippen molar-refractivity contribution in [2.75, 3.05) is 32.0 Å². The fourth-order valence-electron chi connectivity index (χ4n) is 4.31. The molecular weight excluding hydrogens is 414 g/mol. The molecule has 4 rings (SSSR count).